The Labute approximate surface area is 90.9 Å². The SMILES string of the molecule is O=C1CC(C(=O)O)Nc2cccc(Cl)c21. The molecule has 1 atom stereocenters. The fourth-order valence-electron chi connectivity index (χ4n) is 1.60. The molecule has 1 aromatic carbocycles. The first-order valence-electron chi connectivity index (χ1n) is 4.40. The smallest absolute Gasteiger partial charge is 0.326 e. The van der Waals surface area contributed by atoms with E-state index in [1.165, 1.54) is 0 Å². The van der Waals surface area contributed by atoms with Gasteiger partial charge in [-0.2, -0.15) is 0 Å². The number of Topliss-reactive ketones (excluding diaryl/α,β-unsaturated/α-hetero) is 1. The van der Waals surface area contributed by atoms with Crippen molar-refractivity contribution in [3.63, 3.8) is 0 Å². The maximum atomic E-state index is 11.6. The number of hydrogen-bond donors (Lipinski definition) is 2. The number of ketones is 1. The molecule has 1 aliphatic heterocycles. The Morgan fingerprint density at radius 1 is 1.53 bits per heavy atom. The predicted octanol–water partition coefficient (Wildman–Crippen LogP) is 1.79. The molecule has 0 saturated heterocycles. The van der Waals surface area contributed by atoms with Crippen molar-refractivity contribution in [1.82, 2.24) is 0 Å². The molecule has 0 spiro atoms. The Bertz CT molecular complexity index is 444. The van der Waals surface area contributed by atoms with Gasteiger partial charge in [-0.1, -0.05) is 17.7 Å². The highest BCUT2D eigenvalue weighted by Gasteiger charge is 2.30. The minimum Gasteiger partial charge on any atom is -0.480 e. The van der Waals surface area contributed by atoms with E-state index in [9.17, 15) is 9.59 Å². The zero-order valence-corrected chi connectivity index (χ0v) is 8.41. The molecule has 2 rings (SSSR count). The molecule has 15 heavy (non-hydrogen) atoms. The molecule has 5 heteroatoms. The average molecular weight is 226 g/mol. The molecule has 0 aliphatic carbocycles. The summed E-state index contributed by atoms with van der Waals surface area (Å²) in [5.74, 6) is -1.27. The summed E-state index contributed by atoms with van der Waals surface area (Å²) in [6, 6.07) is 4.07. The number of halogens is 1. The van der Waals surface area contributed by atoms with E-state index in [1.807, 2.05) is 0 Å². The number of benzene rings is 1. The molecule has 1 aromatic rings. The number of nitrogens with one attached hydrogen (secondary N) is 1. The van der Waals surface area contributed by atoms with Crippen molar-refractivity contribution < 1.29 is 14.7 Å². The van der Waals surface area contributed by atoms with Crippen molar-refractivity contribution in [2.75, 3.05) is 5.32 Å². The van der Waals surface area contributed by atoms with Gasteiger partial charge in [0.1, 0.15) is 6.04 Å². The summed E-state index contributed by atoms with van der Waals surface area (Å²) in [6.07, 6.45) is -0.0634. The molecule has 0 radical (unpaired) electrons. The number of anilines is 1. The van der Waals surface area contributed by atoms with E-state index in [-0.39, 0.29) is 12.2 Å². The minimum atomic E-state index is -1.03. The largest absolute Gasteiger partial charge is 0.480 e. The van der Waals surface area contributed by atoms with Crippen molar-refractivity contribution in [3.8, 4) is 0 Å². The highest BCUT2D eigenvalue weighted by Crippen LogP contribution is 2.30. The summed E-state index contributed by atoms with van der Waals surface area (Å²) in [4.78, 5) is 22.4. The second-order valence-electron chi connectivity index (χ2n) is 3.32. The van der Waals surface area contributed by atoms with Crippen LogP contribution in [0.2, 0.25) is 5.02 Å². The summed E-state index contributed by atoms with van der Waals surface area (Å²) < 4.78 is 0. The topological polar surface area (TPSA) is 66.4 Å². The second-order valence-corrected chi connectivity index (χ2v) is 3.73. The van der Waals surface area contributed by atoms with Gasteiger partial charge in [-0.3, -0.25) is 4.79 Å². The van der Waals surface area contributed by atoms with Gasteiger partial charge < -0.3 is 10.4 Å². The lowest BCUT2D eigenvalue weighted by molar-refractivity contribution is -0.137. The molecule has 1 heterocycles. The van der Waals surface area contributed by atoms with Crippen LogP contribution >= 0.6 is 11.6 Å². The Hall–Kier alpha value is -1.55. The zero-order chi connectivity index (χ0) is 11.0. The summed E-state index contributed by atoms with van der Waals surface area (Å²) in [6.45, 7) is 0. The number of aliphatic carboxylic acids is 1. The van der Waals surface area contributed by atoms with Gasteiger partial charge in [-0.05, 0) is 12.1 Å². The first-order valence-corrected chi connectivity index (χ1v) is 4.78. The van der Waals surface area contributed by atoms with Gasteiger partial charge in [0.15, 0.2) is 5.78 Å². The van der Waals surface area contributed by atoms with E-state index in [1.54, 1.807) is 18.2 Å². The van der Waals surface area contributed by atoms with Crippen LogP contribution in [0.4, 0.5) is 5.69 Å². The van der Waals surface area contributed by atoms with Crippen LogP contribution < -0.4 is 5.32 Å². The molecule has 2 N–H and O–H groups in total. The highest BCUT2D eigenvalue weighted by atomic mass is 35.5. The van der Waals surface area contributed by atoms with E-state index in [4.69, 9.17) is 16.7 Å². The molecule has 0 amide bonds. The number of carboxylic acid groups (broad SMARTS) is 1. The second kappa shape index (κ2) is 3.55. The lowest BCUT2D eigenvalue weighted by Gasteiger charge is -2.23. The maximum Gasteiger partial charge on any atom is 0.326 e. The average Bonchev–Trinajstić information content (AvgIpc) is 2.17. The first kappa shape index (κ1) is 9.98. The number of rotatable bonds is 1. The van der Waals surface area contributed by atoms with Crippen molar-refractivity contribution in [2.45, 2.75) is 12.5 Å². The number of carboxylic acids is 1. The maximum absolute atomic E-state index is 11.6. The van der Waals surface area contributed by atoms with Gasteiger partial charge in [0.05, 0.1) is 10.6 Å². The molecule has 78 valence electrons. The van der Waals surface area contributed by atoms with E-state index in [2.05, 4.69) is 5.32 Å². The molecular weight excluding hydrogens is 218 g/mol. The van der Waals surface area contributed by atoms with Crippen LogP contribution in [0.15, 0.2) is 18.2 Å². The summed E-state index contributed by atoms with van der Waals surface area (Å²) >= 11 is 5.86. The summed E-state index contributed by atoms with van der Waals surface area (Å²) in [5, 5.41) is 11.9. The standard InChI is InChI=1S/C10H8ClNO3/c11-5-2-1-3-6-9(5)8(13)4-7(12-6)10(14)15/h1-3,7,12H,4H2,(H,14,15). The summed E-state index contributed by atoms with van der Waals surface area (Å²) in [7, 11) is 0. The molecule has 0 fully saturated rings. The van der Waals surface area contributed by atoms with Crippen LogP contribution in [0.5, 0.6) is 0 Å². The van der Waals surface area contributed by atoms with Crippen molar-refractivity contribution in [3.05, 3.63) is 28.8 Å². The van der Waals surface area contributed by atoms with Crippen molar-refractivity contribution in [2.24, 2.45) is 0 Å². The number of carbonyl (C=O) groups is 2. The van der Waals surface area contributed by atoms with Gasteiger partial charge >= 0.3 is 5.97 Å². The Kier molecular flexibility index (Phi) is 2.36. The predicted molar refractivity (Wildman–Crippen MR) is 55.4 cm³/mol. The third-order valence-corrected chi connectivity index (χ3v) is 2.62. The van der Waals surface area contributed by atoms with Gasteiger partial charge in [-0.25, -0.2) is 4.79 Å². The molecule has 1 unspecified atom stereocenters. The van der Waals surface area contributed by atoms with E-state index in [0.29, 0.717) is 16.3 Å². The third-order valence-electron chi connectivity index (χ3n) is 2.31. The van der Waals surface area contributed by atoms with Crippen LogP contribution in [0.1, 0.15) is 16.8 Å². The quantitative estimate of drug-likeness (QED) is 0.765. The first-order chi connectivity index (χ1) is 7.09. The Balaban J connectivity index is 2.45. The normalized spacial score (nSPS) is 19.3. The van der Waals surface area contributed by atoms with Crippen LogP contribution in [0.3, 0.4) is 0 Å². The molecule has 1 aliphatic rings. The van der Waals surface area contributed by atoms with E-state index < -0.39 is 12.0 Å². The monoisotopic (exact) mass is 225 g/mol. The van der Waals surface area contributed by atoms with Crippen molar-refractivity contribution >= 4 is 29.0 Å². The minimum absolute atomic E-state index is 0.0634. The van der Waals surface area contributed by atoms with Gasteiger partial charge in [-0.15, -0.1) is 0 Å². The molecular formula is C10H8ClNO3. The zero-order valence-electron chi connectivity index (χ0n) is 7.66. The lowest BCUT2D eigenvalue weighted by Crippen LogP contribution is -2.36. The molecule has 4 nitrogen and oxygen atoms in total. The van der Waals surface area contributed by atoms with Gasteiger partial charge in [0.2, 0.25) is 0 Å². The third kappa shape index (κ3) is 1.68. The Morgan fingerprint density at radius 2 is 2.27 bits per heavy atom. The van der Waals surface area contributed by atoms with Crippen LogP contribution in [0, 0.1) is 0 Å². The molecule has 0 bridgehead atoms. The molecule has 0 saturated carbocycles. The van der Waals surface area contributed by atoms with Gasteiger partial charge in [0.25, 0.3) is 0 Å². The van der Waals surface area contributed by atoms with Crippen molar-refractivity contribution in [1.29, 1.82) is 0 Å². The Morgan fingerprint density at radius 3 is 2.93 bits per heavy atom. The lowest BCUT2D eigenvalue weighted by atomic mass is 9.97. The van der Waals surface area contributed by atoms with Crippen LogP contribution in [-0.4, -0.2) is 22.9 Å². The highest BCUT2D eigenvalue weighted by molar-refractivity contribution is 6.35. The van der Waals surface area contributed by atoms with Gasteiger partial charge in [0, 0.05) is 12.1 Å². The summed E-state index contributed by atoms with van der Waals surface area (Å²) in [5.41, 5.74) is 0.878. The van der Waals surface area contributed by atoms with E-state index >= 15 is 0 Å². The number of fused-ring (bicyclic) bond motifs is 1. The molecule has 0 aromatic heterocycles. The van der Waals surface area contributed by atoms with E-state index in [0.717, 1.165) is 0 Å². The fourth-order valence-corrected chi connectivity index (χ4v) is 1.88. The number of carbonyl (C=O) groups excluding carboxylic acids is 1. The van der Waals surface area contributed by atoms with Crippen LogP contribution in [-0.2, 0) is 4.79 Å². The van der Waals surface area contributed by atoms with Crippen LogP contribution in [0.25, 0.3) is 0 Å². The number of hydrogen-bond acceptors (Lipinski definition) is 3. The fraction of sp³-hybridized carbons (Fsp3) is 0.200.